The molecule has 2 nitrogen and oxygen atoms in total. The first-order chi connectivity index (χ1) is 31.2. The molecule has 0 N–H and O–H groups in total. The third kappa shape index (κ3) is 7.53. The van der Waals surface area contributed by atoms with Crippen LogP contribution >= 0.6 is 0 Å². The van der Waals surface area contributed by atoms with E-state index in [0.29, 0.717) is 13.2 Å². The molecule has 0 spiro atoms. The van der Waals surface area contributed by atoms with Crippen molar-refractivity contribution in [2.75, 3.05) is 13.2 Å². The molecule has 0 amide bonds. The second kappa shape index (κ2) is 18.1. The van der Waals surface area contributed by atoms with E-state index < -0.39 is 16.6 Å². The normalized spacial score (nSPS) is 16.3. The number of rotatable bonds is 16. The Morgan fingerprint density at radius 3 is 1.00 bits per heavy atom. The minimum atomic E-state index is -3.10. The highest BCUT2D eigenvalue weighted by Gasteiger charge is 2.51. The van der Waals surface area contributed by atoms with E-state index in [1.807, 2.05) is 0 Å². The van der Waals surface area contributed by atoms with Gasteiger partial charge >= 0.3 is 0 Å². The highest BCUT2D eigenvalue weighted by atomic mass is 28.4. The summed E-state index contributed by atoms with van der Waals surface area (Å²) in [5, 5.41) is 7.49. The fourth-order valence-corrected chi connectivity index (χ4v) is 18.6. The Hall–Kier alpha value is -6.41. The summed E-state index contributed by atoms with van der Waals surface area (Å²) in [6.45, 7) is 1.14. The zero-order valence-corrected chi connectivity index (χ0v) is 37.5. The van der Waals surface area contributed by atoms with Crippen LogP contribution in [0, 0.1) is 5.41 Å². The largest absolute Gasteiger partial charge is 0.404 e. The summed E-state index contributed by atoms with van der Waals surface area (Å²) >= 11 is 0. The molecule has 0 saturated carbocycles. The summed E-state index contributed by atoms with van der Waals surface area (Å²) in [7, 11) is -6.03. The molecule has 0 aliphatic heterocycles. The number of hydrogen-bond acceptors (Lipinski definition) is 2. The summed E-state index contributed by atoms with van der Waals surface area (Å²) in [5.41, 5.74) is 4.93. The third-order valence-corrected chi connectivity index (χ3v) is 21.7. The summed E-state index contributed by atoms with van der Waals surface area (Å²) in [5.74, 6) is 0.200. The molecular formula is C59H52O2Si2. The predicted molar refractivity (Wildman–Crippen MR) is 268 cm³/mol. The molecule has 2 aliphatic rings. The maximum atomic E-state index is 8.15. The van der Waals surface area contributed by atoms with E-state index in [2.05, 4.69) is 255 Å². The van der Waals surface area contributed by atoms with Gasteiger partial charge in [0, 0.05) is 30.5 Å². The predicted octanol–water partition coefficient (Wildman–Crippen LogP) is 9.74. The van der Waals surface area contributed by atoms with Gasteiger partial charge in [-0.15, -0.1) is 0 Å². The van der Waals surface area contributed by atoms with Crippen LogP contribution in [0.25, 0.3) is 12.2 Å². The van der Waals surface area contributed by atoms with E-state index >= 15 is 0 Å². The standard InChI is InChI=1S/C59H52O2Si2/c1-7-26-49(27-8-1)62(50-28-9-2-10-29-50,51-30-11-3-12-31-51)60-45-23-44-59(57-42-40-47-24-19-21-38-55(47)57,58-43-41-48-25-20-22-39-56(48)58)46-61-63(52-32-13-4-14-33-52,53-34-15-5-16-35-53)54-36-17-6-18-37-54/h1-22,24-43,57-58H,23,44-46H2. The second-order valence-electron chi connectivity index (χ2n) is 17.0. The van der Waals surface area contributed by atoms with Crippen molar-refractivity contribution in [2.45, 2.75) is 24.7 Å². The quantitative estimate of drug-likeness (QED) is 0.0548. The molecule has 0 bridgehead atoms. The molecule has 2 aliphatic carbocycles. The van der Waals surface area contributed by atoms with E-state index in [9.17, 15) is 0 Å². The minimum Gasteiger partial charge on any atom is -0.404 e. The first kappa shape index (κ1) is 40.7. The van der Waals surface area contributed by atoms with Crippen molar-refractivity contribution in [3.05, 3.63) is 265 Å². The Balaban J connectivity index is 1.12. The molecular weight excluding hydrogens is 797 g/mol. The fraction of sp³-hybridized carbons (Fsp3) is 0.119. The Morgan fingerprint density at radius 2 is 0.651 bits per heavy atom. The van der Waals surface area contributed by atoms with Crippen LogP contribution in [-0.4, -0.2) is 29.8 Å². The summed E-state index contributed by atoms with van der Waals surface area (Å²) in [6.07, 6.45) is 11.4. The van der Waals surface area contributed by atoms with Gasteiger partial charge in [0.1, 0.15) is 0 Å². The molecule has 0 radical (unpaired) electrons. The molecule has 4 heteroatoms. The topological polar surface area (TPSA) is 18.5 Å². The summed E-state index contributed by atoms with van der Waals surface area (Å²) in [6, 6.07) is 84.0. The molecule has 0 saturated heterocycles. The Labute approximate surface area is 375 Å². The van der Waals surface area contributed by atoms with Crippen LogP contribution < -0.4 is 31.1 Å². The van der Waals surface area contributed by atoms with Crippen LogP contribution in [0.2, 0.25) is 0 Å². The van der Waals surface area contributed by atoms with Crippen LogP contribution in [0.5, 0.6) is 0 Å². The Morgan fingerprint density at radius 1 is 0.349 bits per heavy atom. The number of allylic oxidation sites excluding steroid dienone is 2. The Bertz CT molecular complexity index is 2540. The van der Waals surface area contributed by atoms with Crippen molar-refractivity contribution in [3.8, 4) is 0 Å². The smallest absolute Gasteiger partial charge is 0.288 e. The molecule has 8 aromatic rings. The molecule has 2 unspecified atom stereocenters. The van der Waals surface area contributed by atoms with E-state index in [-0.39, 0.29) is 17.3 Å². The van der Waals surface area contributed by atoms with Gasteiger partial charge in [-0.1, -0.05) is 255 Å². The zero-order chi connectivity index (χ0) is 42.4. The van der Waals surface area contributed by atoms with Crippen molar-refractivity contribution < 1.29 is 8.85 Å². The van der Waals surface area contributed by atoms with Crippen LogP contribution in [0.4, 0.5) is 0 Å². The number of fused-ring (bicyclic) bond motifs is 2. The SMILES string of the molecule is C1=CC(C(CCCO[Si](c2ccccc2)(c2ccccc2)c2ccccc2)(CO[Si](c2ccccc2)(c2ccccc2)c2ccccc2)C2C=Cc3ccccc32)c2ccccc21. The van der Waals surface area contributed by atoms with E-state index in [0.717, 1.165) is 12.8 Å². The van der Waals surface area contributed by atoms with Crippen molar-refractivity contribution in [1.29, 1.82) is 0 Å². The summed E-state index contributed by atoms with van der Waals surface area (Å²) < 4.78 is 15.8. The average Bonchev–Trinajstić information content (AvgIpc) is 4.02. The lowest BCUT2D eigenvalue weighted by Crippen LogP contribution is -2.70. The average molecular weight is 849 g/mol. The van der Waals surface area contributed by atoms with Gasteiger partial charge in [0.25, 0.3) is 16.6 Å². The number of benzene rings is 8. The zero-order valence-electron chi connectivity index (χ0n) is 35.5. The van der Waals surface area contributed by atoms with Gasteiger partial charge in [0.2, 0.25) is 0 Å². The fourth-order valence-electron chi connectivity index (χ4n) is 10.7. The third-order valence-electron chi connectivity index (χ3n) is 13.6. The molecule has 63 heavy (non-hydrogen) atoms. The minimum absolute atomic E-state index is 0.0999. The molecule has 0 heterocycles. The molecule has 8 aromatic carbocycles. The molecule has 10 rings (SSSR count). The maximum Gasteiger partial charge on any atom is 0.288 e. The van der Waals surface area contributed by atoms with Gasteiger partial charge in [-0.25, -0.2) is 0 Å². The van der Waals surface area contributed by atoms with Crippen LogP contribution in [0.1, 0.15) is 46.9 Å². The highest BCUT2D eigenvalue weighted by molar-refractivity contribution is 7.07. The lowest BCUT2D eigenvalue weighted by molar-refractivity contribution is 0.0917. The first-order valence-corrected chi connectivity index (χ1v) is 26.2. The Kier molecular flexibility index (Phi) is 11.7. The maximum absolute atomic E-state index is 8.15. The van der Waals surface area contributed by atoms with Gasteiger partial charge in [0.15, 0.2) is 0 Å². The van der Waals surface area contributed by atoms with Crippen molar-refractivity contribution in [3.63, 3.8) is 0 Å². The van der Waals surface area contributed by atoms with Crippen molar-refractivity contribution >= 4 is 59.9 Å². The lowest BCUT2D eigenvalue weighted by atomic mass is 9.61. The molecule has 308 valence electrons. The monoisotopic (exact) mass is 848 g/mol. The van der Waals surface area contributed by atoms with Crippen molar-refractivity contribution in [2.24, 2.45) is 5.41 Å². The van der Waals surface area contributed by atoms with Gasteiger partial charge < -0.3 is 8.85 Å². The van der Waals surface area contributed by atoms with Crippen LogP contribution in [0.15, 0.2) is 243 Å². The van der Waals surface area contributed by atoms with Gasteiger partial charge in [-0.05, 0) is 66.2 Å². The summed E-state index contributed by atoms with van der Waals surface area (Å²) in [4.78, 5) is 0. The van der Waals surface area contributed by atoms with Gasteiger partial charge in [-0.2, -0.15) is 0 Å². The second-order valence-corrected chi connectivity index (χ2v) is 23.7. The molecule has 0 aromatic heterocycles. The number of hydrogen-bond donors (Lipinski definition) is 0. The lowest BCUT2D eigenvalue weighted by Gasteiger charge is -2.47. The molecule has 0 fully saturated rings. The van der Waals surface area contributed by atoms with Gasteiger partial charge in [-0.3, -0.25) is 0 Å². The highest BCUT2D eigenvalue weighted by Crippen LogP contribution is 2.57. The van der Waals surface area contributed by atoms with Crippen LogP contribution in [-0.2, 0) is 8.85 Å². The molecule has 2 atom stereocenters. The van der Waals surface area contributed by atoms with Crippen LogP contribution in [0.3, 0.4) is 0 Å². The van der Waals surface area contributed by atoms with E-state index in [1.165, 1.54) is 53.4 Å². The van der Waals surface area contributed by atoms with Crippen molar-refractivity contribution in [1.82, 2.24) is 0 Å². The van der Waals surface area contributed by atoms with E-state index in [4.69, 9.17) is 8.85 Å². The first-order valence-electron chi connectivity index (χ1n) is 22.4. The van der Waals surface area contributed by atoms with E-state index in [1.54, 1.807) is 0 Å². The van der Waals surface area contributed by atoms with Gasteiger partial charge in [0.05, 0.1) is 0 Å².